The number of nitrogens with one attached hydrogen (secondary N) is 1. The molecule has 18 heavy (non-hydrogen) atoms. The van der Waals surface area contributed by atoms with Gasteiger partial charge in [0.05, 0.1) is 23.7 Å². The summed E-state index contributed by atoms with van der Waals surface area (Å²) < 4.78 is 5.58. The Morgan fingerprint density at radius 1 is 1.11 bits per heavy atom. The van der Waals surface area contributed by atoms with Crippen LogP contribution >= 0.6 is 0 Å². The van der Waals surface area contributed by atoms with Gasteiger partial charge in [0.25, 0.3) is 0 Å². The first kappa shape index (κ1) is 12.2. The van der Waals surface area contributed by atoms with Crippen molar-refractivity contribution in [3.05, 3.63) is 42.7 Å². The average molecular weight is 243 g/mol. The second kappa shape index (κ2) is 5.40. The summed E-state index contributed by atoms with van der Waals surface area (Å²) in [6.07, 6.45) is 3.53. The zero-order valence-corrected chi connectivity index (χ0v) is 10.6. The Hall–Kier alpha value is -2.23. The van der Waals surface area contributed by atoms with Gasteiger partial charge in [-0.05, 0) is 44.2 Å². The third kappa shape index (κ3) is 3.38. The number of benzene rings is 1. The molecule has 0 saturated carbocycles. The first-order chi connectivity index (χ1) is 8.63. The van der Waals surface area contributed by atoms with Crippen molar-refractivity contribution in [3.8, 4) is 5.75 Å². The van der Waals surface area contributed by atoms with Gasteiger partial charge in [0.1, 0.15) is 5.75 Å². The second-order valence-electron chi connectivity index (χ2n) is 4.32. The SMILES string of the molecule is CC(C)Oc1ccc(Nc2cncc(N)c2)cc1. The van der Waals surface area contributed by atoms with Crippen LogP contribution in [0.3, 0.4) is 0 Å². The summed E-state index contributed by atoms with van der Waals surface area (Å²) in [5.74, 6) is 0.862. The van der Waals surface area contributed by atoms with Crippen molar-refractivity contribution < 1.29 is 4.74 Å². The van der Waals surface area contributed by atoms with Gasteiger partial charge in [0, 0.05) is 11.9 Å². The van der Waals surface area contributed by atoms with Crippen LogP contribution in [0, 0.1) is 0 Å². The van der Waals surface area contributed by atoms with Gasteiger partial charge >= 0.3 is 0 Å². The number of rotatable bonds is 4. The lowest BCUT2D eigenvalue weighted by molar-refractivity contribution is 0.242. The van der Waals surface area contributed by atoms with Crippen LogP contribution in [0.25, 0.3) is 0 Å². The van der Waals surface area contributed by atoms with E-state index >= 15 is 0 Å². The molecule has 0 aliphatic heterocycles. The van der Waals surface area contributed by atoms with E-state index in [0.717, 1.165) is 17.1 Å². The Morgan fingerprint density at radius 3 is 2.44 bits per heavy atom. The Bertz CT molecular complexity index is 509. The highest BCUT2D eigenvalue weighted by Crippen LogP contribution is 2.21. The van der Waals surface area contributed by atoms with Crippen LogP contribution in [0.5, 0.6) is 5.75 Å². The predicted molar refractivity (Wildman–Crippen MR) is 74.1 cm³/mol. The number of nitrogen functional groups attached to an aromatic ring is 1. The van der Waals surface area contributed by atoms with Crippen molar-refractivity contribution in [2.24, 2.45) is 0 Å². The quantitative estimate of drug-likeness (QED) is 0.865. The summed E-state index contributed by atoms with van der Waals surface area (Å²) in [6, 6.07) is 9.62. The van der Waals surface area contributed by atoms with Crippen LogP contribution in [-0.2, 0) is 0 Å². The Morgan fingerprint density at radius 2 is 1.83 bits per heavy atom. The maximum atomic E-state index is 5.67. The van der Waals surface area contributed by atoms with Crippen molar-refractivity contribution in [1.29, 1.82) is 0 Å². The number of ether oxygens (including phenoxy) is 1. The topological polar surface area (TPSA) is 60.2 Å². The molecule has 0 saturated heterocycles. The normalized spacial score (nSPS) is 10.4. The third-order valence-electron chi connectivity index (χ3n) is 2.27. The molecule has 4 nitrogen and oxygen atoms in total. The number of hydrogen-bond acceptors (Lipinski definition) is 4. The number of hydrogen-bond donors (Lipinski definition) is 2. The maximum absolute atomic E-state index is 5.67. The fraction of sp³-hybridized carbons (Fsp3) is 0.214. The van der Waals surface area contributed by atoms with Crippen LogP contribution in [0.1, 0.15) is 13.8 Å². The van der Waals surface area contributed by atoms with Gasteiger partial charge in [-0.2, -0.15) is 0 Å². The number of pyridine rings is 1. The molecule has 2 aromatic rings. The van der Waals surface area contributed by atoms with Gasteiger partial charge in [0.2, 0.25) is 0 Å². The second-order valence-corrected chi connectivity index (χ2v) is 4.32. The third-order valence-corrected chi connectivity index (χ3v) is 2.27. The molecule has 94 valence electrons. The van der Waals surface area contributed by atoms with Crippen LogP contribution in [-0.4, -0.2) is 11.1 Å². The van der Waals surface area contributed by atoms with Crippen molar-refractivity contribution in [1.82, 2.24) is 4.98 Å². The Labute approximate surface area is 107 Å². The fourth-order valence-electron chi connectivity index (χ4n) is 1.58. The smallest absolute Gasteiger partial charge is 0.119 e. The Balaban J connectivity index is 2.06. The Kier molecular flexibility index (Phi) is 3.67. The van der Waals surface area contributed by atoms with E-state index in [0.29, 0.717) is 5.69 Å². The molecule has 2 rings (SSSR count). The molecule has 0 unspecified atom stereocenters. The van der Waals surface area contributed by atoms with Crippen LogP contribution in [0.15, 0.2) is 42.7 Å². The summed E-state index contributed by atoms with van der Waals surface area (Å²) >= 11 is 0. The monoisotopic (exact) mass is 243 g/mol. The van der Waals surface area contributed by atoms with Crippen molar-refractivity contribution >= 4 is 17.1 Å². The van der Waals surface area contributed by atoms with Gasteiger partial charge in [-0.1, -0.05) is 0 Å². The first-order valence-corrected chi connectivity index (χ1v) is 5.88. The molecule has 1 heterocycles. The minimum Gasteiger partial charge on any atom is -0.491 e. The van der Waals surface area contributed by atoms with E-state index in [1.807, 2.05) is 44.2 Å². The number of nitrogens with two attached hydrogens (primary N) is 1. The molecule has 0 bridgehead atoms. The molecular formula is C14H17N3O. The lowest BCUT2D eigenvalue weighted by Gasteiger charge is -2.11. The minimum absolute atomic E-state index is 0.182. The maximum Gasteiger partial charge on any atom is 0.119 e. The molecule has 0 amide bonds. The molecule has 0 radical (unpaired) electrons. The highest BCUT2D eigenvalue weighted by atomic mass is 16.5. The van der Waals surface area contributed by atoms with Crippen LogP contribution in [0.4, 0.5) is 17.1 Å². The summed E-state index contributed by atoms with van der Waals surface area (Å²) in [7, 11) is 0. The number of anilines is 3. The van der Waals surface area contributed by atoms with E-state index in [-0.39, 0.29) is 6.10 Å². The van der Waals surface area contributed by atoms with Crippen molar-refractivity contribution in [2.75, 3.05) is 11.1 Å². The summed E-state index contributed by atoms with van der Waals surface area (Å²) in [5.41, 5.74) is 8.15. The first-order valence-electron chi connectivity index (χ1n) is 5.88. The molecule has 0 fully saturated rings. The van der Waals surface area contributed by atoms with Crippen molar-refractivity contribution in [3.63, 3.8) is 0 Å². The largest absolute Gasteiger partial charge is 0.491 e. The lowest BCUT2D eigenvalue weighted by Crippen LogP contribution is -2.05. The number of aromatic nitrogens is 1. The summed E-state index contributed by atoms with van der Waals surface area (Å²) in [5, 5.41) is 3.23. The minimum atomic E-state index is 0.182. The van der Waals surface area contributed by atoms with Gasteiger partial charge in [0.15, 0.2) is 0 Å². The molecular weight excluding hydrogens is 226 g/mol. The van der Waals surface area contributed by atoms with E-state index in [4.69, 9.17) is 10.5 Å². The molecule has 1 aromatic carbocycles. The zero-order valence-electron chi connectivity index (χ0n) is 10.6. The van der Waals surface area contributed by atoms with Gasteiger partial charge < -0.3 is 15.8 Å². The van der Waals surface area contributed by atoms with Crippen molar-refractivity contribution in [2.45, 2.75) is 20.0 Å². The molecule has 4 heteroatoms. The predicted octanol–water partition coefficient (Wildman–Crippen LogP) is 3.19. The fourth-order valence-corrected chi connectivity index (χ4v) is 1.58. The van der Waals surface area contributed by atoms with E-state index in [2.05, 4.69) is 10.3 Å². The van der Waals surface area contributed by atoms with E-state index in [1.54, 1.807) is 12.4 Å². The molecule has 1 aromatic heterocycles. The summed E-state index contributed by atoms with van der Waals surface area (Å²) in [6.45, 7) is 4.01. The van der Waals surface area contributed by atoms with Crippen LogP contribution < -0.4 is 15.8 Å². The highest BCUT2D eigenvalue weighted by Gasteiger charge is 1.99. The van der Waals surface area contributed by atoms with E-state index in [9.17, 15) is 0 Å². The molecule has 0 aliphatic rings. The van der Waals surface area contributed by atoms with Crippen LogP contribution in [0.2, 0.25) is 0 Å². The summed E-state index contributed by atoms with van der Waals surface area (Å²) in [4.78, 5) is 4.03. The molecule has 0 atom stereocenters. The molecule has 3 N–H and O–H groups in total. The van der Waals surface area contributed by atoms with E-state index in [1.165, 1.54) is 0 Å². The highest BCUT2D eigenvalue weighted by molar-refractivity contribution is 5.62. The lowest BCUT2D eigenvalue weighted by atomic mass is 10.3. The van der Waals surface area contributed by atoms with Gasteiger partial charge in [-0.3, -0.25) is 4.98 Å². The number of nitrogens with zero attached hydrogens (tertiary/aromatic N) is 1. The zero-order chi connectivity index (χ0) is 13.0. The van der Waals surface area contributed by atoms with Gasteiger partial charge in [-0.15, -0.1) is 0 Å². The standard InChI is InChI=1S/C14H17N3O/c1-10(2)18-14-5-3-12(4-6-14)17-13-7-11(15)8-16-9-13/h3-10,17H,15H2,1-2H3. The average Bonchev–Trinajstić information content (AvgIpc) is 2.31. The molecule has 0 aliphatic carbocycles. The molecule has 0 spiro atoms. The van der Waals surface area contributed by atoms with E-state index < -0.39 is 0 Å². The van der Waals surface area contributed by atoms with Gasteiger partial charge in [-0.25, -0.2) is 0 Å².